The van der Waals surface area contributed by atoms with Crippen molar-refractivity contribution in [2.24, 2.45) is 5.73 Å². The summed E-state index contributed by atoms with van der Waals surface area (Å²) in [5, 5.41) is 2.96. The molecule has 90 valence electrons. The number of ether oxygens (including phenoxy) is 1. The molecule has 1 fully saturated rings. The first-order valence-electron chi connectivity index (χ1n) is 5.14. The molecule has 0 saturated carbocycles. The van der Waals surface area contributed by atoms with E-state index in [4.69, 9.17) is 5.73 Å². The number of hydrogen-bond donors (Lipinski definition) is 2. The van der Waals surface area contributed by atoms with Crippen LogP contribution < -0.4 is 11.1 Å². The number of carbonyl (C=O) groups is 1. The van der Waals surface area contributed by atoms with Crippen molar-refractivity contribution in [3.05, 3.63) is 0 Å². The zero-order chi connectivity index (χ0) is 11.9. The third kappa shape index (κ3) is 11.1. The Hall–Kier alpha value is -0.840. The van der Waals surface area contributed by atoms with Crippen molar-refractivity contribution < 1.29 is 13.9 Å². The van der Waals surface area contributed by atoms with Crippen LogP contribution in [0.4, 0.5) is 9.18 Å². The second-order valence-electron chi connectivity index (χ2n) is 4.48. The standard InChI is InChI=1S/C5H10FN.C5H11NO2/c6-5-2-1-3-7-4-5;1-5(2,3)8-4(6)7/h5,7H,1-4H2;1-3H3,(H2,6,7). The number of nitrogens with two attached hydrogens (primary N) is 1. The van der Waals surface area contributed by atoms with Gasteiger partial charge >= 0.3 is 6.09 Å². The Morgan fingerprint density at radius 2 is 2.13 bits per heavy atom. The van der Waals surface area contributed by atoms with Gasteiger partial charge in [-0.2, -0.15) is 0 Å². The molecule has 3 N–H and O–H groups in total. The van der Waals surface area contributed by atoms with Crippen LogP contribution >= 0.6 is 0 Å². The Morgan fingerprint density at radius 1 is 1.53 bits per heavy atom. The minimum Gasteiger partial charge on any atom is -0.444 e. The van der Waals surface area contributed by atoms with E-state index in [1.807, 2.05) is 0 Å². The van der Waals surface area contributed by atoms with Gasteiger partial charge in [0.15, 0.2) is 0 Å². The third-order valence-corrected chi connectivity index (χ3v) is 1.64. The molecule has 1 atom stereocenters. The van der Waals surface area contributed by atoms with Crippen molar-refractivity contribution in [2.45, 2.75) is 45.4 Å². The lowest BCUT2D eigenvalue weighted by atomic mass is 10.1. The fraction of sp³-hybridized carbons (Fsp3) is 0.900. The van der Waals surface area contributed by atoms with Gasteiger partial charge in [0.25, 0.3) is 0 Å². The quantitative estimate of drug-likeness (QED) is 0.651. The minimum absolute atomic E-state index is 0.453. The summed E-state index contributed by atoms with van der Waals surface area (Å²) < 4.78 is 16.7. The van der Waals surface area contributed by atoms with Crippen LogP contribution in [0.3, 0.4) is 0 Å². The molecule has 0 aliphatic carbocycles. The van der Waals surface area contributed by atoms with Crippen molar-refractivity contribution >= 4 is 6.09 Å². The van der Waals surface area contributed by atoms with Gasteiger partial charge in [0.1, 0.15) is 11.8 Å². The number of primary amides is 1. The van der Waals surface area contributed by atoms with Gasteiger partial charge < -0.3 is 15.8 Å². The van der Waals surface area contributed by atoms with E-state index in [1.165, 1.54) is 0 Å². The van der Waals surface area contributed by atoms with Gasteiger partial charge in [-0.15, -0.1) is 0 Å². The number of nitrogens with one attached hydrogen (secondary N) is 1. The molecule has 0 spiro atoms. The molecule has 0 aromatic heterocycles. The van der Waals surface area contributed by atoms with E-state index >= 15 is 0 Å². The Kier molecular flexibility index (Phi) is 6.24. The predicted octanol–water partition coefficient (Wildman–Crippen LogP) is 1.59. The van der Waals surface area contributed by atoms with E-state index in [0.29, 0.717) is 6.54 Å². The largest absolute Gasteiger partial charge is 0.444 e. The number of alkyl halides is 1. The monoisotopic (exact) mass is 220 g/mol. The molecule has 5 heteroatoms. The molecule has 0 aromatic rings. The fourth-order valence-electron chi connectivity index (χ4n) is 1.11. The van der Waals surface area contributed by atoms with E-state index in [1.54, 1.807) is 20.8 Å². The molecule has 1 rings (SSSR count). The summed E-state index contributed by atoms with van der Waals surface area (Å²) >= 11 is 0. The highest BCUT2D eigenvalue weighted by molar-refractivity contribution is 5.65. The Morgan fingerprint density at radius 3 is 2.27 bits per heavy atom. The summed E-state index contributed by atoms with van der Waals surface area (Å²) in [6.07, 6.45) is 0.458. The molecule has 1 heterocycles. The number of halogens is 1. The van der Waals surface area contributed by atoms with E-state index in [2.05, 4.69) is 10.1 Å². The van der Waals surface area contributed by atoms with Gasteiger partial charge in [0.2, 0.25) is 0 Å². The SMILES string of the molecule is CC(C)(C)OC(N)=O.FC1CCCNC1. The number of amides is 1. The Bertz CT molecular complexity index is 186. The first kappa shape index (κ1) is 14.2. The molecule has 1 aliphatic rings. The Labute approximate surface area is 90.4 Å². The summed E-state index contributed by atoms with van der Waals surface area (Å²) in [6.45, 7) is 6.85. The van der Waals surface area contributed by atoms with Crippen molar-refractivity contribution in [3.8, 4) is 0 Å². The van der Waals surface area contributed by atoms with Gasteiger partial charge in [-0.1, -0.05) is 0 Å². The molecule has 1 unspecified atom stereocenters. The molecule has 1 aliphatic heterocycles. The van der Waals surface area contributed by atoms with Crippen LogP contribution in [-0.4, -0.2) is 31.0 Å². The van der Waals surface area contributed by atoms with Crippen LogP contribution in [0.15, 0.2) is 0 Å². The summed E-state index contributed by atoms with van der Waals surface area (Å²) in [6, 6.07) is 0. The molecule has 1 saturated heterocycles. The molecule has 0 aromatic carbocycles. The molecular formula is C10H21FN2O2. The maximum Gasteiger partial charge on any atom is 0.405 e. The average Bonchev–Trinajstić information content (AvgIpc) is 2.01. The zero-order valence-corrected chi connectivity index (χ0v) is 9.68. The van der Waals surface area contributed by atoms with Gasteiger partial charge in [-0.25, -0.2) is 9.18 Å². The maximum absolute atomic E-state index is 12.1. The van der Waals surface area contributed by atoms with Gasteiger partial charge in [0, 0.05) is 6.54 Å². The topological polar surface area (TPSA) is 64.3 Å². The van der Waals surface area contributed by atoms with Crippen molar-refractivity contribution in [2.75, 3.05) is 13.1 Å². The number of rotatable bonds is 0. The number of piperidine rings is 1. The molecule has 0 bridgehead atoms. The lowest BCUT2D eigenvalue weighted by molar-refractivity contribution is 0.0600. The number of carbonyl (C=O) groups excluding carboxylic acids is 1. The summed E-state index contributed by atoms with van der Waals surface area (Å²) in [7, 11) is 0. The smallest absolute Gasteiger partial charge is 0.405 e. The normalized spacial score (nSPS) is 21.2. The zero-order valence-electron chi connectivity index (χ0n) is 9.68. The van der Waals surface area contributed by atoms with E-state index in [9.17, 15) is 9.18 Å². The summed E-state index contributed by atoms with van der Waals surface area (Å²) in [4.78, 5) is 10.0. The highest BCUT2D eigenvalue weighted by Crippen LogP contribution is 2.05. The van der Waals surface area contributed by atoms with Crippen molar-refractivity contribution in [1.29, 1.82) is 0 Å². The lowest BCUT2D eigenvalue weighted by Gasteiger charge is -2.16. The maximum atomic E-state index is 12.1. The van der Waals surface area contributed by atoms with Crippen LogP contribution in [0.25, 0.3) is 0 Å². The average molecular weight is 220 g/mol. The van der Waals surface area contributed by atoms with Crippen LogP contribution in [0.2, 0.25) is 0 Å². The van der Waals surface area contributed by atoms with Crippen LogP contribution in [-0.2, 0) is 4.74 Å². The minimum atomic E-state index is -0.725. The van der Waals surface area contributed by atoms with Gasteiger partial charge in [-0.3, -0.25) is 0 Å². The molecule has 0 radical (unpaired) electrons. The summed E-state index contributed by atoms with van der Waals surface area (Å²) in [5.74, 6) is 0. The Balaban J connectivity index is 0.000000262. The molecular weight excluding hydrogens is 199 g/mol. The molecule has 4 nitrogen and oxygen atoms in total. The van der Waals surface area contributed by atoms with E-state index in [0.717, 1.165) is 19.4 Å². The third-order valence-electron chi connectivity index (χ3n) is 1.64. The second-order valence-corrected chi connectivity index (χ2v) is 4.48. The lowest BCUT2D eigenvalue weighted by Crippen LogP contribution is -2.30. The number of hydrogen-bond acceptors (Lipinski definition) is 3. The highest BCUT2D eigenvalue weighted by Gasteiger charge is 2.12. The van der Waals surface area contributed by atoms with Crippen LogP contribution in [0, 0.1) is 0 Å². The first-order chi connectivity index (χ1) is 6.81. The van der Waals surface area contributed by atoms with Crippen LogP contribution in [0.1, 0.15) is 33.6 Å². The molecule has 15 heavy (non-hydrogen) atoms. The van der Waals surface area contributed by atoms with Crippen molar-refractivity contribution in [1.82, 2.24) is 5.32 Å². The summed E-state index contributed by atoms with van der Waals surface area (Å²) in [5.41, 5.74) is 4.26. The first-order valence-corrected chi connectivity index (χ1v) is 5.14. The predicted molar refractivity (Wildman–Crippen MR) is 57.4 cm³/mol. The molecule has 1 amide bonds. The van der Waals surface area contributed by atoms with Gasteiger partial charge in [-0.05, 0) is 40.2 Å². The fourth-order valence-corrected chi connectivity index (χ4v) is 1.11. The second kappa shape index (κ2) is 6.61. The van der Waals surface area contributed by atoms with E-state index < -0.39 is 17.9 Å². The van der Waals surface area contributed by atoms with Crippen molar-refractivity contribution in [3.63, 3.8) is 0 Å². The van der Waals surface area contributed by atoms with E-state index in [-0.39, 0.29) is 0 Å². The van der Waals surface area contributed by atoms with Gasteiger partial charge in [0.05, 0.1) is 0 Å². The van der Waals surface area contributed by atoms with Crippen LogP contribution in [0.5, 0.6) is 0 Å². The highest BCUT2D eigenvalue weighted by atomic mass is 19.1.